The van der Waals surface area contributed by atoms with Crippen LogP contribution in [0.2, 0.25) is 0 Å². The lowest BCUT2D eigenvalue weighted by Crippen LogP contribution is -2.31. The van der Waals surface area contributed by atoms with Gasteiger partial charge in [-0.05, 0) is 19.3 Å². The van der Waals surface area contributed by atoms with Crippen molar-refractivity contribution in [3.05, 3.63) is 24.3 Å². The van der Waals surface area contributed by atoms with Gasteiger partial charge in [-0.25, -0.2) is 9.97 Å². The minimum Gasteiger partial charge on any atom is -0.328 e. The van der Waals surface area contributed by atoms with E-state index in [1.54, 1.807) is 12.4 Å². The number of hydrogen-bond donors (Lipinski definition) is 1. The van der Waals surface area contributed by atoms with E-state index in [1.165, 1.54) is 6.33 Å². The summed E-state index contributed by atoms with van der Waals surface area (Å²) in [5.74, 6) is 0.213. The van der Waals surface area contributed by atoms with Crippen molar-refractivity contribution in [2.45, 2.75) is 31.7 Å². The van der Waals surface area contributed by atoms with E-state index in [-0.39, 0.29) is 17.7 Å². The van der Waals surface area contributed by atoms with Crippen LogP contribution in [0.4, 0.5) is 0 Å². The van der Waals surface area contributed by atoms with Crippen molar-refractivity contribution in [1.29, 1.82) is 0 Å². The van der Waals surface area contributed by atoms with E-state index in [2.05, 4.69) is 9.97 Å². The van der Waals surface area contributed by atoms with E-state index >= 15 is 0 Å². The quantitative estimate of drug-likeness (QED) is 0.736. The molecule has 1 saturated carbocycles. The molecule has 1 fully saturated rings. The molecule has 1 aromatic heterocycles. The lowest BCUT2D eigenvalue weighted by molar-refractivity contribution is 0.0881. The van der Waals surface area contributed by atoms with Gasteiger partial charge in [0.15, 0.2) is 5.78 Å². The molecular formula is C11H15N3O. The highest BCUT2D eigenvalue weighted by Gasteiger charge is 2.26. The number of aromatic nitrogens is 2. The minimum absolute atomic E-state index is 0.0692. The molecule has 0 aromatic carbocycles. The van der Waals surface area contributed by atoms with Crippen LogP contribution >= 0.6 is 0 Å². The summed E-state index contributed by atoms with van der Waals surface area (Å²) in [7, 11) is 0. The summed E-state index contributed by atoms with van der Waals surface area (Å²) in [5, 5.41) is 0. The Labute approximate surface area is 88.9 Å². The molecule has 0 amide bonds. The van der Waals surface area contributed by atoms with E-state index < -0.39 is 0 Å². The zero-order valence-electron chi connectivity index (χ0n) is 8.60. The number of rotatable bonds is 2. The largest absolute Gasteiger partial charge is 0.328 e. The van der Waals surface area contributed by atoms with E-state index in [9.17, 15) is 4.79 Å². The maximum Gasteiger partial charge on any atom is 0.169 e. The summed E-state index contributed by atoms with van der Waals surface area (Å²) in [6.45, 7) is 0. The first-order valence-corrected chi connectivity index (χ1v) is 5.32. The molecule has 15 heavy (non-hydrogen) atoms. The molecule has 1 aliphatic rings. The van der Waals surface area contributed by atoms with Gasteiger partial charge in [0.2, 0.25) is 0 Å². The molecule has 80 valence electrons. The minimum atomic E-state index is 0.0692. The summed E-state index contributed by atoms with van der Waals surface area (Å²) < 4.78 is 0. The van der Waals surface area contributed by atoms with Crippen molar-refractivity contribution in [2.75, 3.05) is 0 Å². The van der Waals surface area contributed by atoms with Gasteiger partial charge in [0, 0.05) is 24.4 Å². The van der Waals surface area contributed by atoms with E-state index in [0.717, 1.165) is 25.7 Å². The van der Waals surface area contributed by atoms with Crippen molar-refractivity contribution < 1.29 is 4.79 Å². The Bertz CT molecular complexity index is 339. The normalized spacial score (nSPS) is 26.2. The predicted molar refractivity (Wildman–Crippen MR) is 56.3 cm³/mol. The zero-order chi connectivity index (χ0) is 10.7. The third-order valence-electron chi connectivity index (χ3n) is 2.93. The number of carbonyl (C=O) groups is 1. The zero-order valence-corrected chi connectivity index (χ0v) is 8.60. The summed E-state index contributed by atoms with van der Waals surface area (Å²) in [5.41, 5.74) is 6.47. The molecule has 4 nitrogen and oxygen atoms in total. The Morgan fingerprint density at radius 3 is 2.73 bits per heavy atom. The highest BCUT2D eigenvalue weighted by molar-refractivity contribution is 5.97. The van der Waals surface area contributed by atoms with Gasteiger partial charge < -0.3 is 5.73 Å². The Hall–Kier alpha value is -1.29. The van der Waals surface area contributed by atoms with Gasteiger partial charge in [-0.15, -0.1) is 0 Å². The fourth-order valence-corrected chi connectivity index (χ4v) is 2.13. The number of carbonyl (C=O) groups excluding carboxylic acids is 1. The van der Waals surface area contributed by atoms with Gasteiger partial charge in [-0.3, -0.25) is 4.79 Å². The molecule has 2 N–H and O–H groups in total. The van der Waals surface area contributed by atoms with Crippen molar-refractivity contribution >= 4 is 5.78 Å². The Morgan fingerprint density at radius 2 is 2.07 bits per heavy atom. The molecule has 0 saturated heterocycles. The van der Waals surface area contributed by atoms with Gasteiger partial charge in [0.1, 0.15) is 6.33 Å². The van der Waals surface area contributed by atoms with Crippen LogP contribution < -0.4 is 5.73 Å². The third-order valence-corrected chi connectivity index (χ3v) is 2.93. The van der Waals surface area contributed by atoms with Crippen LogP contribution in [0.25, 0.3) is 0 Å². The molecule has 2 rings (SSSR count). The second-order valence-corrected chi connectivity index (χ2v) is 4.12. The molecule has 0 bridgehead atoms. The standard InChI is InChI=1S/C11H15N3O/c12-10-3-1-2-8(4-10)11(15)9-5-13-7-14-6-9/h5-8,10H,1-4,12H2. The molecule has 0 spiro atoms. The Balaban J connectivity index is 2.08. The number of nitrogens with zero attached hydrogens (tertiary/aromatic N) is 2. The first kappa shape index (κ1) is 10.2. The Kier molecular flexibility index (Phi) is 3.06. The topological polar surface area (TPSA) is 68.9 Å². The van der Waals surface area contributed by atoms with Crippen molar-refractivity contribution in [1.82, 2.24) is 9.97 Å². The van der Waals surface area contributed by atoms with Gasteiger partial charge in [0.25, 0.3) is 0 Å². The summed E-state index contributed by atoms with van der Waals surface area (Å²) >= 11 is 0. The van der Waals surface area contributed by atoms with Crippen molar-refractivity contribution in [3.63, 3.8) is 0 Å². The fourth-order valence-electron chi connectivity index (χ4n) is 2.13. The third kappa shape index (κ3) is 2.39. The second-order valence-electron chi connectivity index (χ2n) is 4.12. The number of hydrogen-bond acceptors (Lipinski definition) is 4. The van der Waals surface area contributed by atoms with Crippen LogP contribution in [0.3, 0.4) is 0 Å². The smallest absolute Gasteiger partial charge is 0.169 e. The molecule has 1 heterocycles. The van der Waals surface area contributed by atoms with Crippen LogP contribution in [0.15, 0.2) is 18.7 Å². The molecule has 4 heteroatoms. The fraction of sp³-hybridized carbons (Fsp3) is 0.545. The van der Waals surface area contributed by atoms with Gasteiger partial charge in [-0.1, -0.05) is 6.42 Å². The van der Waals surface area contributed by atoms with Gasteiger partial charge in [-0.2, -0.15) is 0 Å². The first-order chi connectivity index (χ1) is 7.27. The molecule has 2 atom stereocenters. The number of Topliss-reactive ketones (excluding diaryl/α,β-unsaturated/α-hetero) is 1. The predicted octanol–water partition coefficient (Wildman–Crippen LogP) is 1.18. The molecular weight excluding hydrogens is 190 g/mol. The molecule has 1 aliphatic carbocycles. The van der Waals surface area contributed by atoms with Crippen LogP contribution in [-0.2, 0) is 0 Å². The molecule has 2 unspecified atom stereocenters. The maximum absolute atomic E-state index is 12.0. The van der Waals surface area contributed by atoms with E-state index in [1.807, 2.05) is 0 Å². The van der Waals surface area contributed by atoms with Gasteiger partial charge in [0.05, 0.1) is 5.56 Å². The molecule has 1 aromatic rings. The summed E-state index contributed by atoms with van der Waals surface area (Å²) in [4.78, 5) is 19.7. The highest BCUT2D eigenvalue weighted by atomic mass is 16.1. The van der Waals surface area contributed by atoms with Crippen molar-refractivity contribution in [2.24, 2.45) is 11.7 Å². The lowest BCUT2D eigenvalue weighted by atomic mass is 9.82. The lowest BCUT2D eigenvalue weighted by Gasteiger charge is -2.25. The van der Waals surface area contributed by atoms with Crippen LogP contribution in [-0.4, -0.2) is 21.8 Å². The SMILES string of the molecule is NC1CCCC(C(=O)c2cncnc2)C1. The van der Waals surface area contributed by atoms with Crippen LogP contribution in [0, 0.1) is 5.92 Å². The Morgan fingerprint density at radius 1 is 1.33 bits per heavy atom. The number of nitrogens with two attached hydrogens (primary N) is 1. The second kappa shape index (κ2) is 4.49. The highest BCUT2D eigenvalue weighted by Crippen LogP contribution is 2.25. The first-order valence-electron chi connectivity index (χ1n) is 5.32. The number of ketones is 1. The summed E-state index contributed by atoms with van der Waals surface area (Å²) in [6, 6.07) is 0.178. The van der Waals surface area contributed by atoms with Crippen molar-refractivity contribution in [3.8, 4) is 0 Å². The molecule has 0 aliphatic heterocycles. The van der Waals surface area contributed by atoms with Crippen LogP contribution in [0.1, 0.15) is 36.0 Å². The van der Waals surface area contributed by atoms with E-state index in [0.29, 0.717) is 5.56 Å². The van der Waals surface area contributed by atoms with Crippen LogP contribution in [0.5, 0.6) is 0 Å². The average Bonchev–Trinajstić information content (AvgIpc) is 2.29. The van der Waals surface area contributed by atoms with Gasteiger partial charge >= 0.3 is 0 Å². The van der Waals surface area contributed by atoms with E-state index in [4.69, 9.17) is 5.73 Å². The average molecular weight is 205 g/mol. The maximum atomic E-state index is 12.0. The monoisotopic (exact) mass is 205 g/mol. The molecule has 0 radical (unpaired) electrons. The summed E-state index contributed by atoms with van der Waals surface area (Å²) in [6.07, 6.45) is 8.42.